The zero-order chi connectivity index (χ0) is 29.7. The molecular formula is C28H29N7O7S. The summed E-state index contributed by atoms with van der Waals surface area (Å²) in [5.74, 6) is 1.73. The van der Waals surface area contributed by atoms with Gasteiger partial charge >= 0.3 is 0 Å². The molecule has 5 aromatic rings. The minimum absolute atomic E-state index is 0.0226. The number of nitrogens with one attached hydrogen (secondary N) is 3. The van der Waals surface area contributed by atoms with Gasteiger partial charge in [0.1, 0.15) is 17.2 Å². The molecule has 224 valence electrons. The first-order valence-electron chi connectivity index (χ1n) is 13.6. The third kappa shape index (κ3) is 4.99. The summed E-state index contributed by atoms with van der Waals surface area (Å²) in [5.41, 5.74) is 4.20. The van der Waals surface area contributed by atoms with Crippen LogP contribution in [0.15, 0.2) is 45.8 Å². The highest BCUT2D eigenvalue weighted by atomic mass is 32.2. The number of benzene rings is 2. The van der Waals surface area contributed by atoms with Crippen molar-refractivity contribution >= 4 is 38.3 Å². The van der Waals surface area contributed by atoms with E-state index in [2.05, 4.69) is 30.5 Å². The third-order valence-electron chi connectivity index (χ3n) is 7.49. The van der Waals surface area contributed by atoms with E-state index in [-0.39, 0.29) is 22.2 Å². The number of aromatic nitrogens is 5. The van der Waals surface area contributed by atoms with Crippen molar-refractivity contribution in [2.45, 2.75) is 36.8 Å². The normalized spacial score (nSPS) is 14.9. The van der Waals surface area contributed by atoms with Gasteiger partial charge in [-0.2, -0.15) is 10.2 Å². The lowest BCUT2D eigenvalue weighted by Gasteiger charge is -2.15. The summed E-state index contributed by atoms with van der Waals surface area (Å²) >= 11 is 0. The molecule has 2 aromatic carbocycles. The Kier molecular flexibility index (Phi) is 6.62. The molecule has 14 nitrogen and oxygen atoms in total. The van der Waals surface area contributed by atoms with E-state index in [1.165, 1.54) is 21.3 Å². The second kappa shape index (κ2) is 10.5. The van der Waals surface area contributed by atoms with Crippen molar-refractivity contribution in [2.75, 3.05) is 38.0 Å². The van der Waals surface area contributed by atoms with Crippen LogP contribution >= 0.6 is 0 Å². The molecule has 0 atom stereocenters. The maximum absolute atomic E-state index is 13.8. The largest absolute Gasteiger partial charge is 0.495 e. The molecule has 1 fully saturated rings. The van der Waals surface area contributed by atoms with E-state index in [0.29, 0.717) is 65.2 Å². The Morgan fingerprint density at radius 2 is 1.77 bits per heavy atom. The first-order valence-corrected chi connectivity index (χ1v) is 15.1. The van der Waals surface area contributed by atoms with E-state index in [1.54, 1.807) is 24.3 Å². The summed E-state index contributed by atoms with van der Waals surface area (Å²) < 4.78 is 59.7. The van der Waals surface area contributed by atoms with Gasteiger partial charge in [-0.05, 0) is 37.1 Å². The van der Waals surface area contributed by atoms with Crippen molar-refractivity contribution in [2.24, 2.45) is 0 Å². The van der Waals surface area contributed by atoms with Crippen molar-refractivity contribution in [3.8, 4) is 28.5 Å². The van der Waals surface area contributed by atoms with Crippen LogP contribution in [0.3, 0.4) is 0 Å². The highest BCUT2D eigenvalue weighted by Crippen LogP contribution is 2.42. The molecule has 15 heteroatoms. The number of hydrogen-bond acceptors (Lipinski definition) is 11. The van der Waals surface area contributed by atoms with E-state index in [4.69, 9.17) is 23.5 Å². The minimum Gasteiger partial charge on any atom is -0.495 e. The molecule has 3 N–H and O–H groups in total. The standard InChI is InChI=1S/C28H29N7O7S/c1-38-23-11-18-22(12-21(23)29-26-13-19(30-31-26)15-4-5-15)42-33-28(18)34-43(36,37)27-24(39-2)8-16(9-25(27)40-3)20-10-17-14-41-7-6-35(17)32-20/h8-13,15H,4-7,14H2,1-3H3,(H,33,34)(H2,29,30,31). The van der Waals surface area contributed by atoms with Crippen LogP contribution in [0.2, 0.25) is 0 Å². The Morgan fingerprint density at radius 3 is 2.47 bits per heavy atom. The van der Waals surface area contributed by atoms with Crippen molar-refractivity contribution in [1.29, 1.82) is 0 Å². The van der Waals surface area contributed by atoms with Gasteiger partial charge in [0.15, 0.2) is 22.1 Å². The highest BCUT2D eigenvalue weighted by Gasteiger charge is 2.30. The number of aromatic amines is 1. The molecular weight excluding hydrogens is 578 g/mol. The summed E-state index contributed by atoms with van der Waals surface area (Å²) in [6, 6.07) is 10.4. The average Bonchev–Trinajstić information content (AvgIpc) is 3.41. The zero-order valence-corrected chi connectivity index (χ0v) is 24.4. The lowest BCUT2D eigenvalue weighted by Crippen LogP contribution is -2.16. The number of rotatable bonds is 10. The topological polar surface area (TPSA) is 168 Å². The minimum atomic E-state index is -4.28. The summed E-state index contributed by atoms with van der Waals surface area (Å²) in [7, 11) is 0.0213. The Morgan fingerprint density at radius 1 is 1.00 bits per heavy atom. The van der Waals surface area contributed by atoms with E-state index < -0.39 is 10.0 Å². The third-order valence-corrected chi connectivity index (χ3v) is 8.89. The lowest BCUT2D eigenvalue weighted by molar-refractivity contribution is 0.0801. The Balaban J connectivity index is 1.20. The van der Waals surface area contributed by atoms with Crippen LogP contribution in [-0.2, 0) is 27.9 Å². The van der Waals surface area contributed by atoms with Crippen molar-refractivity contribution < 1.29 is 31.9 Å². The number of nitrogens with zero attached hydrogens (tertiary/aromatic N) is 4. The Bertz CT molecular complexity index is 1890. The summed E-state index contributed by atoms with van der Waals surface area (Å²) in [6.07, 6.45) is 2.30. The number of fused-ring (bicyclic) bond motifs is 2. The molecule has 0 amide bonds. The fourth-order valence-electron chi connectivity index (χ4n) is 5.15. The smallest absolute Gasteiger partial charge is 0.270 e. The predicted octanol–water partition coefficient (Wildman–Crippen LogP) is 4.39. The first-order chi connectivity index (χ1) is 20.9. The van der Waals surface area contributed by atoms with E-state index in [1.807, 2.05) is 16.8 Å². The Labute approximate surface area is 246 Å². The van der Waals surface area contributed by atoms with Gasteiger partial charge < -0.3 is 28.8 Å². The van der Waals surface area contributed by atoms with E-state index in [9.17, 15) is 8.42 Å². The molecule has 0 unspecified atom stereocenters. The maximum Gasteiger partial charge on any atom is 0.270 e. The van der Waals surface area contributed by atoms with Crippen LogP contribution in [-0.4, -0.2) is 61.5 Å². The summed E-state index contributed by atoms with van der Waals surface area (Å²) in [5, 5.41) is 19.6. The zero-order valence-electron chi connectivity index (χ0n) is 23.6. The molecule has 3 aromatic heterocycles. The van der Waals surface area contributed by atoms with Crippen LogP contribution in [0.25, 0.3) is 22.2 Å². The van der Waals surface area contributed by atoms with Gasteiger partial charge in [-0.3, -0.25) is 14.5 Å². The van der Waals surface area contributed by atoms with Crippen LogP contribution < -0.4 is 24.2 Å². The molecule has 0 bridgehead atoms. The highest BCUT2D eigenvalue weighted by molar-refractivity contribution is 7.93. The van der Waals surface area contributed by atoms with Crippen LogP contribution in [0.5, 0.6) is 17.2 Å². The molecule has 2 aliphatic rings. The number of methoxy groups -OCH3 is 3. The van der Waals surface area contributed by atoms with Crippen LogP contribution in [0, 0.1) is 0 Å². The number of hydrogen-bond donors (Lipinski definition) is 3. The fourth-order valence-corrected chi connectivity index (χ4v) is 6.47. The molecule has 0 spiro atoms. The van der Waals surface area contributed by atoms with Crippen LogP contribution in [0.4, 0.5) is 17.3 Å². The summed E-state index contributed by atoms with van der Waals surface area (Å²) in [4.78, 5) is -0.194. The monoisotopic (exact) mass is 607 g/mol. The van der Waals surface area contributed by atoms with Gasteiger partial charge in [-0.15, -0.1) is 0 Å². The van der Waals surface area contributed by atoms with Crippen molar-refractivity contribution in [3.05, 3.63) is 47.8 Å². The first kappa shape index (κ1) is 27.1. The average molecular weight is 608 g/mol. The van der Waals surface area contributed by atoms with Gasteiger partial charge in [0.25, 0.3) is 10.0 Å². The molecule has 43 heavy (non-hydrogen) atoms. The van der Waals surface area contributed by atoms with Gasteiger partial charge in [-0.25, -0.2) is 8.42 Å². The lowest BCUT2D eigenvalue weighted by atomic mass is 10.1. The van der Waals surface area contributed by atoms with Gasteiger partial charge in [0, 0.05) is 29.3 Å². The van der Waals surface area contributed by atoms with E-state index >= 15 is 0 Å². The molecule has 0 radical (unpaired) electrons. The van der Waals surface area contributed by atoms with Crippen molar-refractivity contribution in [3.63, 3.8) is 0 Å². The van der Waals surface area contributed by atoms with Crippen LogP contribution in [0.1, 0.15) is 30.1 Å². The number of anilines is 3. The predicted molar refractivity (Wildman–Crippen MR) is 156 cm³/mol. The molecule has 7 rings (SSSR count). The van der Waals surface area contributed by atoms with Crippen molar-refractivity contribution in [1.82, 2.24) is 25.1 Å². The SMILES string of the molecule is COc1cc2c(NS(=O)(=O)c3c(OC)cc(-c4cc5n(n4)CCOC5)cc3OC)noc2cc1Nc1cc(C2CC2)[nH]n1. The van der Waals surface area contributed by atoms with Gasteiger partial charge in [0.2, 0.25) is 0 Å². The molecule has 1 aliphatic carbocycles. The Hall–Kier alpha value is -4.76. The summed E-state index contributed by atoms with van der Waals surface area (Å²) in [6.45, 7) is 1.67. The maximum atomic E-state index is 13.8. The quantitative estimate of drug-likeness (QED) is 0.206. The fraction of sp³-hybridized carbons (Fsp3) is 0.321. The molecule has 0 saturated heterocycles. The molecule has 1 aliphatic heterocycles. The van der Waals surface area contributed by atoms with Gasteiger partial charge in [-0.1, -0.05) is 5.16 Å². The van der Waals surface area contributed by atoms with Gasteiger partial charge in [0.05, 0.1) is 63.5 Å². The number of sulfonamides is 1. The molecule has 1 saturated carbocycles. The number of H-pyrrole nitrogens is 1. The second-order valence-corrected chi connectivity index (χ2v) is 11.9. The number of ether oxygens (including phenoxy) is 4. The van der Waals surface area contributed by atoms with E-state index in [0.717, 1.165) is 24.2 Å². The molecule has 4 heterocycles. The second-order valence-electron chi connectivity index (χ2n) is 10.3.